The number of aliphatic hydroxyl groups excluding tert-OH is 2. The second kappa shape index (κ2) is 14.5. The first-order chi connectivity index (χ1) is 24.9. The lowest BCUT2D eigenvalue weighted by molar-refractivity contribution is -0.137. The Morgan fingerprint density at radius 1 is 0.827 bits per heavy atom. The molecular formula is C42H44F3N3O4. The van der Waals surface area contributed by atoms with Gasteiger partial charge in [0.05, 0.1) is 24.9 Å². The van der Waals surface area contributed by atoms with E-state index in [-0.39, 0.29) is 18.2 Å². The minimum atomic E-state index is -4.57. The molecule has 0 radical (unpaired) electrons. The Kier molecular flexibility index (Phi) is 10.0. The van der Waals surface area contributed by atoms with E-state index in [0.29, 0.717) is 43.3 Å². The third kappa shape index (κ3) is 7.39. The van der Waals surface area contributed by atoms with Crippen LogP contribution in [0.4, 0.5) is 13.2 Å². The van der Waals surface area contributed by atoms with Gasteiger partial charge in [0.15, 0.2) is 5.58 Å². The number of alkyl halides is 3. The van der Waals surface area contributed by atoms with Gasteiger partial charge in [0.2, 0.25) is 5.89 Å². The van der Waals surface area contributed by atoms with Crippen molar-refractivity contribution >= 4 is 23.3 Å². The molecule has 0 saturated carbocycles. The number of aryl methyl sites for hydroxylation is 1. The van der Waals surface area contributed by atoms with E-state index in [1.165, 1.54) is 25.3 Å². The van der Waals surface area contributed by atoms with Crippen LogP contribution in [0.1, 0.15) is 57.3 Å². The van der Waals surface area contributed by atoms with E-state index in [2.05, 4.69) is 17.0 Å². The molecule has 0 bridgehead atoms. The van der Waals surface area contributed by atoms with Crippen molar-refractivity contribution in [2.75, 3.05) is 33.3 Å². The number of oxazole rings is 1. The predicted octanol–water partition coefficient (Wildman–Crippen LogP) is 8.42. The first-order valence-corrected chi connectivity index (χ1v) is 17.7. The summed E-state index contributed by atoms with van der Waals surface area (Å²) in [7, 11) is 1.46. The van der Waals surface area contributed by atoms with Crippen LogP contribution in [-0.2, 0) is 19.3 Å². The Labute approximate surface area is 302 Å². The van der Waals surface area contributed by atoms with E-state index < -0.39 is 17.8 Å². The van der Waals surface area contributed by atoms with Crippen LogP contribution in [0.15, 0.2) is 65.1 Å². The number of hydrogen-bond acceptors (Lipinski definition) is 7. The number of halogens is 3. The number of fused-ring (bicyclic) bond motifs is 1. The van der Waals surface area contributed by atoms with Crippen molar-refractivity contribution in [3.63, 3.8) is 0 Å². The SMILES string of the molecule is COc1cc(/C=C/c2cccc(-c3cccc(-c4nc5cc(CN6CC[C@@H](O)C6)cc(C)c5o4)c3C)c2C)c(C(F)(F)F)cc1CN1CC[C@@H](O)C1. The third-order valence-corrected chi connectivity index (χ3v) is 10.5. The highest BCUT2D eigenvalue weighted by Crippen LogP contribution is 2.39. The first kappa shape index (κ1) is 35.9. The summed E-state index contributed by atoms with van der Waals surface area (Å²) in [6.07, 6.45) is -0.693. The number of β-amino-alcohol motifs (C(OH)–C–C–N with tert-alkyl or cyclic N) is 2. The Balaban J connectivity index is 1.19. The molecule has 10 heteroatoms. The van der Waals surface area contributed by atoms with Crippen molar-refractivity contribution in [3.8, 4) is 28.3 Å². The number of likely N-dealkylation sites (tertiary alicyclic amines) is 2. The van der Waals surface area contributed by atoms with Gasteiger partial charge >= 0.3 is 6.18 Å². The summed E-state index contributed by atoms with van der Waals surface area (Å²) in [6.45, 7) is 9.62. The first-order valence-electron chi connectivity index (χ1n) is 17.7. The lowest BCUT2D eigenvalue weighted by Gasteiger charge is -2.20. The zero-order valence-corrected chi connectivity index (χ0v) is 29.9. The average Bonchev–Trinajstić information content (AvgIpc) is 3.84. The van der Waals surface area contributed by atoms with Gasteiger partial charge in [0, 0.05) is 50.4 Å². The van der Waals surface area contributed by atoms with Gasteiger partial charge in [-0.3, -0.25) is 9.80 Å². The highest BCUT2D eigenvalue weighted by Gasteiger charge is 2.34. The molecule has 0 aliphatic carbocycles. The van der Waals surface area contributed by atoms with E-state index in [1.807, 2.05) is 62.1 Å². The number of aromatic nitrogens is 1. The Morgan fingerprint density at radius 3 is 2.12 bits per heavy atom. The minimum Gasteiger partial charge on any atom is -0.496 e. The van der Waals surface area contributed by atoms with Crippen LogP contribution in [0.2, 0.25) is 0 Å². The third-order valence-electron chi connectivity index (χ3n) is 10.5. The van der Waals surface area contributed by atoms with Crippen LogP contribution in [0, 0.1) is 20.8 Å². The molecule has 0 spiro atoms. The van der Waals surface area contributed by atoms with Crippen LogP contribution < -0.4 is 4.74 Å². The normalized spacial score (nSPS) is 18.7. The van der Waals surface area contributed by atoms with Gasteiger partial charge in [-0.05, 0) is 102 Å². The number of benzene rings is 4. The fourth-order valence-corrected chi connectivity index (χ4v) is 7.69. The molecule has 2 saturated heterocycles. The van der Waals surface area contributed by atoms with Crippen molar-refractivity contribution in [2.24, 2.45) is 0 Å². The second-order valence-corrected chi connectivity index (χ2v) is 14.2. The zero-order valence-electron chi connectivity index (χ0n) is 29.9. The molecule has 0 amide bonds. The molecule has 0 unspecified atom stereocenters. The predicted molar refractivity (Wildman–Crippen MR) is 198 cm³/mol. The molecule has 3 heterocycles. The molecule has 2 aliphatic heterocycles. The van der Waals surface area contributed by atoms with Gasteiger partial charge in [0.1, 0.15) is 11.3 Å². The number of methoxy groups -OCH3 is 1. The highest BCUT2D eigenvalue weighted by molar-refractivity contribution is 5.84. The molecule has 7 nitrogen and oxygen atoms in total. The van der Waals surface area contributed by atoms with E-state index in [4.69, 9.17) is 14.1 Å². The van der Waals surface area contributed by atoms with Crippen molar-refractivity contribution in [3.05, 3.63) is 105 Å². The van der Waals surface area contributed by atoms with Crippen molar-refractivity contribution in [2.45, 2.75) is 65.1 Å². The maximum atomic E-state index is 14.4. The number of nitrogens with zero attached hydrogens (tertiary/aromatic N) is 3. The Hall–Kier alpha value is -4.48. The molecule has 2 fully saturated rings. The largest absolute Gasteiger partial charge is 0.496 e. The molecule has 7 rings (SSSR count). The molecule has 5 aromatic rings. The summed E-state index contributed by atoms with van der Waals surface area (Å²) >= 11 is 0. The second-order valence-electron chi connectivity index (χ2n) is 14.2. The molecule has 4 aromatic carbocycles. The summed E-state index contributed by atoms with van der Waals surface area (Å²) < 4.78 is 55.1. The zero-order chi connectivity index (χ0) is 36.7. The van der Waals surface area contributed by atoms with Gasteiger partial charge in [-0.15, -0.1) is 0 Å². The van der Waals surface area contributed by atoms with Crippen LogP contribution in [0.3, 0.4) is 0 Å². The molecule has 2 aliphatic rings. The summed E-state index contributed by atoms with van der Waals surface area (Å²) in [5.41, 5.74) is 8.88. The van der Waals surface area contributed by atoms with Crippen molar-refractivity contribution in [1.29, 1.82) is 0 Å². The van der Waals surface area contributed by atoms with E-state index in [9.17, 15) is 23.4 Å². The smallest absolute Gasteiger partial charge is 0.417 e. The summed E-state index contributed by atoms with van der Waals surface area (Å²) in [5, 5.41) is 19.9. The molecule has 52 heavy (non-hydrogen) atoms. The van der Waals surface area contributed by atoms with Gasteiger partial charge < -0.3 is 19.4 Å². The topological polar surface area (TPSA) is 82.2 Å². The van der Waals surface area contributed by atoms with E-state index >= 15 is 0 Å². The molecule has 1 aromatic heterocycles. The molecule has 2 N–H and O–H groups in total. The van der Waals surface area contributed by atoms with E-state index in [0.717, 1.165) is 75.1 Å². The van der Waals surface area contributed by atoms with Gasteiger partial charge in [-0.2, -0.15) is 13.2 Å². The van der Waals surface area contributed by atoms with E-state index in [1.54, 1.807) is 6.08 Å². The quantitative estimate of drug-likeness (QED) is 0.149. The molecular weight excluding hydrogens is 667 g/mol. The average molecular weight is 712 g/mol. The standard InChI is InChI=1S/C42H44F3N3O4/c1-25-17-28(21-47-15-13-32(49)23-47)18-38-40(25)52-41(46-38)36-10-6-9-35(27(36)3)34-8-5-7-29(26(34)2)11-12-30-20-39(51-4)31(19-37(30)42(43,44)45)22-48-16-14-33(50)24-48/h5-12,17-20,32-33,49-50H,13-16,21-24H2,1-4H3/b12-11+/t32-,33-/m1/s1. The summed E-state index contributed by atoms with van der Waals surface area (Å²) in [4.78, 5) is 9.10. The Morgan fingerprint density at radius 2 is 1.46 bits per heavy atom. The fraction of sp³-hybridized carbons (Fsp3) is 0.357. The number of rotatable bonds is 9. The maximum Gasteiger partial charge on any atom is 0.417 e. The lowest BCUT2D eigenvalue weighted by Crippen LogP contribution is -2.22. The highest BCUT2D eigenvalue weighted by atomic mass is 19.4. The molecule has 272 valence electrons. The summed E-state index contributed by atoms with van der Waals surface area (Å²) in [6, 6.07) is 18.6. The maximum absolute atomic E-state index is 14.4. The van der Waals surface area contributed by atoms with Gasteiger partial charge in [0.25, 0.3) is 0 Å². The monoisotopic (exact) mass is 711 g/mol. The number of hydrogen-bond donors (Lipinski definition) is 2. The summed E-state index contributed by atoms with van der Waals surface area (Å²) in [5.74, 6) is 0.905. The van der Waals surface area contributed by atoms with Crippen LogP contribution >= 0.6 is 0 Å². The van der Waals surface area contributed by atoms with Crippen LogP contribution in [-0.4, -0.2) is 70.5 Å². The van der Waals surface area contributed by atoms with Gasteiger partial charge in [-0.1, -0.05) is 48.6 Å². The number of ether oxygens (including phenoxy) is 1. The van der Waals surface area contributed by atoms with Gasteiger partial charge in [-0.25, -0.2) is 4.98 Å². The lowest BCUT2D eigenvalue weighted by atomic mass is 9.91. The minimum absolute atomic E-state index is 0.0185. The van der Waals surface area contributed by atoms with Crippen molar-refractivity contribution < 1.29 is 32.5 Å². The number of aliphatic hydroxyl groups is 2. The van der Waals surface area contributed by atoms with Crippen molar-refractivity contribution in [1.82, 2.24) is 14.8 Å². The Bertz CT molecular complexity index is 2140. The fourth-order valence-electron chi connectivity index (χ4n) is 7.69. The molecule has 2 atom stereocenters. The van der Waals surface area contributed by atoms with Crippen LogP contribution in [0.5, 0.6) is 5.75 Å². The van der Waals surface area contributed by atoms with Crippen LogP contribution in [0.25, 0.3) is 45.8 Å².